The molecular formula is C15H27N. The first-order valence-corrected chi connectivity index (χ1v) is 7.52. The van der Waals surface area contributed by atoms with Gasteiger partial charge in [-0.25, -0.2) is 0 Å². The van der Waals surface area contributed by atoms with Crippen LogP contribution in [0.2, 0.25) is 0 Å². The standard InChI is InChI=1S/C15H27N/c16-11-15(9-12-4-2-1-3-5-12)10-13-6-7-14(15)8-13/h12-14H,1-11,16H2. The van der Waals surface area contributed by atoms with E-state index in [2.05, 4.69) is 0 Å². The van der Waals surface area contributed by atoms with Crippen LogP contribution < -0.4 is 5.73 Å². The van der Waals surface area contributed by atoms with Crippen molar-refractivity contribution in [1.29, 1.82) is 0 Å². The van der Waals surface area contributed by atoms with Crippen molar-refractivity contribution >= 4 is 0 Å². The lowest BCUT2D eigenvalue weighted by molar-refractivity contribution is 0.114. The predicted octanol–water partition coefficient (Wildman–Crippen LogP) is 3.72. The van der Waals surface area contributed by atoms with Crippen molar-refractivity contribution in [2.45, 2.75) is 64.2 Å². The minimum absolute atomic E-state index is 0.588. The van der Waals surface area contributed by atoms with Crippen molar-refractivity contribution in [1.82, 2.24) is 0 Å². The van der Waals surface area contributed by atoms with Gasteiger partial charge in [0.05, 0.1) is 0 Å². The number of hydrogen-bond donors (Lipinski definition) is 1. The second-order valence-electron chi connectivity index (χ2n) is 6.85. The molecule has 3 rings (SSSR count). The van der Waals surface area contributed by atoms with Crippen LogP contribution in [0.3, 0.4) is 0 Å². The zero-order chi connectivity index (χ0) is 11.0. The molecule has 1 heteroatoms. The van der Waals surface area contributed by atoms with Crippen LogP contribution >= 0.6 is 0 Å². The van der Waals surface area contributed by atoms with Gasteiger partial charge in [-0.3, -0.25) is 0 Å². The van der Waals surface area contributed by atoms with Crippen molar-refractivity contribution in [2.24, 2.45) is 28.9 Å². The molecule has 3 fully saturated rings. The Bertz CT molecular complexity index is 244. The quantitative estimate of drug-likeness (QED) is 0.772. The third-order valence-electron chi connectivity index (χ3n) is 5.93. The summed E-state index contributed by atoms with van der Waals surface area (Å²) in [6.45, 7) is 0.977. The summed E-state index contributed by atoms with van der Waals surface area (Å²) in [7, 11) is 0. The summed E-state index contributed by atoms with van der Waals surface area (Å²) in [6.07, 6.45) is 14.9. The Morgan fingerprint density at radius 2 is 1.81 bits per heavy atom. The highest BCUT2D eigenvalue weighted by Crippen LogP contribution is 2.58. The number of fused-ring (bicyclic) bond motifs is 2. The molecule has 3 aliphatic carbocycles. The summed E-state index contributed by atoms with van der Waals surface area (Å²) in [6, 6.07) is 0. The summed E-state index contributed by atoms with van der Waals surface area (Å²) in [5.41, 5.74) is 6.76. The molecule has 3 unspecified atom stereocenters. The highest BCUT2D eigenvalue weighted by atomic mass is 14.7. The second-order valence-corrected chi connectivity index (χ2v) is 6.85. The Labute approximate surface area is 100 Å². The maximum Gasteiger partial charge on any atom is -0.00177 e. The number of nitrogens with two attached hydrogens (primary N) is 1. The van der Waals surface area contributed by atoms with E-state index in [1.807, 2.05) is 0 Å². The molecule has 0 saturated heterocycles. The molecule has 16 heavy (non-hydrogen) atoms. The summed E-state index contributed by atoms with van der Waals surface area (Å²) < 4.78 is 0. The largest absolute Gasteiger partial charge is 0.330 e. The minimum atomic E-state index is 0.588. The van der Waals surface area contributed by atoms with Crippen molar-refractivity contribution in [3.63, 3.8) is 0 Å². The van der Waals surface area contributed by atoms with Gasteiger partial charge in [0.1, 0.15) is 0 Å². The summed E-state index contributed by atoms with van der Waals surface area (Å²) in [4.78, 5) is 0. The molecule has 92 valence electrons. The summed E-state index contributed by atoms with van der Waals surface area (Å²) in [5.74, 6) is 3.08. The van der Waals surface area contributed by atoms with Gasteiger partial charge in [-0.15, -0.1) is 0 Å². The van der Waals surface area contributed by atoms with Crippen LogP contribution in [0.4, 0.5) is 0 Å². The zero-order valence-corrected chi connectivity index (χ0v) is 10.6. The van der Waals surface area contributed by atoms with Gasteiger partial charge in [0, 0.05) is 0 Å². The maximum atomic E-state index is 6.17. The van der Waals surface area contributed by atoms with Crippen LogP contribution in [-0.4, -0.2) is 6.54 Å². The van der Waals surface area contributed by atoms with Crippen LogP contribution in [0.25, 0.3) is 0 Å². The van der Waals surface area contributed by atoms with Gasteiger partial charge in [-0.1, -0.05) is 38.5 Å². The molecule has 0 heterocycles. The number of rotatable bonds is 3. The lowest BCUT2D eigenvalue weighted by Gasteiger charge is -2.40. The zero-order valence-electron chi connectivity index (χ0n) is 10.6. The molecule has 0 amide bonds. The molecule has 0 aromatic rings. The van der Waals surface area contributed by atoms with Crippen LogP contribution in [0.5, 0.6) is 0 Å². The van der Waals surface area contributed by atoms with Crippen LogP contribution in [0, 0.1) is 23.2 Å². The van der Waals surface area contributed by atoms with Gasteiger partial charge in [-0.05, 0) is 55.4 Å². The average molecular weight is 221 g/mol. The van der Waals surface area contributed by atoms with E-state index < -0.39 is 0 Å². The molecule has 3 aliphatic rings. The molecule has 0 aromatic carbocycles. The van der Waals surface area contributed by atoms with Crippen molar-refractivity contribution in [3.8, 4) is 0 Å². The molecule has 1 nitrogen and oxygen atoms in total. The topological polar surface area (TPSA) is 26.0 Å². The van der Waals surface area contributed by atoms with E-state index in [9.17, 15) is 0 Å². The third-order valence-corrected chi connectivity index (χ3v) is 5.93. The van der Waals surface area contributed by atoms with Gasteiger partial charge in [-0.2, -0.15) is 0 Å². The predicted molar refractivity (Wildman–Crippen MR) is 68.1 cm³/mol. The van der Waals surface area contributed by atoms with Crippen LogP contribution in [-0.2, 0) is 0 Å². The van der Waals surface area contributed by atoms with E-state index in [-0.39, 0.29) is 0 Å². The number of hydrogen-bond acceptors (Lipinski definition) is 1. The Kier molecular flexibility index (Phi) is 2.99. The second kappa shape index (κ2) is 4.33. The highest BCUT2D eigenvalue weighted by Gasteiger charge is 2.50. The lowest BCUT2D eigenvalue weighted by Crippen LogP contribution is -2.38. The molecule has 2 bridgehead atoms. The van der Waals surface area contributed by atoms with Gasteiger partial charge < -0.3 is 5.73 Å². The van der Waals surface area contributed by atoms with Crippen molar-refractivity contribution in [2.75, 3.05) is 6.54 Å². The van der Waals surface area contributed by atoms with E-state index in [1.54, 1.807) is 0 Å². The molecule has 0 aromatic heterocycles. The lowest BCUT2D eigenvalue weighted by atomic mass is 9.66. The smallest absolute Gasteiger partial charge is 0.00177 e. The molecule has 0 spiro atoms. The van der Waals surface area contributed by atoms with Gasteiger partial charge >= 0.3 is 0 Å². The van der Waals surface area contributed by atoms with Crippen LogP contribution in [0.15, 0.2) is 0 Å². The maximum absolute atomic E-state index is 6.17. The molecule has 0 aliphatic heterocycles. The van der Waals surface area contributed by atoms with Crippen LogP contribution in [0.1, 0.15) is 64.2 Å². The SMILES string of the molecule is NCC1(CC2CCCCC2)CC2CCC1C2. The molecule has 0 radical (unpaired) electrons. The van der Waals surface area contributed by atoms with E-state index in [0.717, 1.165) is 24.3 Å². The van der Waals surface area contributed by atoms with Gasteiger partial charge in [0.25, 0.3) is 0 Å². The highest BCUT2D eigenvalue weighted by molar-refractivity contribution is 5.01. The normalized spacial score (nSPS) is 44.1. The molecular weight excluding hydrogens is 194 g/mol. The Hall–Kier alpha value is -0.0400. The van der Waals surface area contributed by atoms with E-state index in [1.165, 1.54) is 64.2 Å². The fourth-order valence-corrected chi connectivity index (χ4v) is 5.11. The fourth-order valence-electron chi connectivity index (χ4n) is 5.11. The Balaban J connectivity index is 1.66. The Morgan fingerprint density at radius 3 is 2.38 bits per heavy atom. The van der Waals surface area contributed by atoms with Crippen molar-refractivity contribution in [3.05, 3.63) is 0 Å². The summed E-state index contributed by atoms with van der Waals surface area (Å²) in [5, 5.41) is 0. The molecule has 3 saturated carbocycles. The Morgan fingerprint density at radius 1 is 1.00 bits per heavy atom. The van der Waals surface area contributed by atoms with E-state index in [4.69, 9.17) is 5.73 Å². The molecule has 3 atom stereocenters. The minimum Gasteiger partial charge on any atom is -0.330 e. The fraction of sp³-hybridized carbons (Fsp3) is 1.00. The summed E-state index contributed by atoms with van der Waals surface area (Å²) >= 11 is 0. The first-order valence-electron chi connectivity index (χ1n) is 7.52. The first-order chi connectivity index (χ1) is 7.82. The van der Waals surface area contributed by atoms with Gasteiger partial charge in [0.15, 0.2) is 0 Å². The van der Waals surface area contributed by atoms with Crippen molar-refractivity contribution < 1.29 is 0 Å². The molecule has 2 N–H and O–H groups in total. The van der Waals surface area contributed by atoms with E-state index in [0.29, 0.717) is 5.41 Å². The monoisotopic (exact) mass is 221 g/mol. The first kappa shape index (κ1) is 11.1. The average Bonchev–Trinajstić information content (AvgIpc) is 2.91. The van der Waals surface area contributed by atoms with E-state index >= 15 is 0 Å². The van der Waals surface area contributed by atoms with Gasteiger partial charge in [0.2, 0.25) is 0 Å². The third kappa shape index (κ3) is 1.81.